The first kappa shape index (κ1) is 11.3. The Bertz CT molecular complexity index is 518. The molecule has 1 heteroatoms. The van der Waals surface area contributed by atoms with Crippen LogP contribution in [0.1, 0.15) is 32.1 Å². The lowest BCUT2D eigenvalue weighted by Crippen LogP contribution is -2.41. The average Bonchev–Trinajstić information content (AvgIpc) is 2.83. The van der Waals surface area contributed by atoms with Crippen molar-refractivity contribution in [2.45, 2.75) is 44.2 Å². The van der Waals surface area contributed by atoms with Gasteiger partial charge in [-0.05, 0) is 37.7 Å². The zero-order chi connectivity index (χ0) is 12.7. The van der Waals surface area contributed by atoms with Crippen LogP contribution in [0.2, 0.25) is 0 Å². The van der Waals surface area contributed by atoms with E-state index < -0.39 is 0 Å². The third kappa shape index (κ3) is 1.75. The van der Waals surface area contributed by atoms with Gasteiger partial charge in [-0.2, -0.15) is 0 Å². The molecule has 0 aromatic heterocycles. The van der Waals surface area contributed by atoms with E-state index in [0.717, 1.165) is 5.92 Å². The largest absolute Gasteiger partial charge is 0.364 e. The van der Waals surface area contributed by atoms with Gasteiger partial charge in [0, 0.05) is 17.7 Å². The summed E-state index contributed by atoms with van der Waals surface area (Å²) in [5.74, 6) is 0.746. The van der Waals surface area contributed by atoms with Gasteiger partial charge in [-0.15, -0.1) is 0 Å². The summed E-state index contributed by atoms with van der Waals surface area (Å²) in [6.45, 7) is 0. The molecule has 0 fully saturated rings. The lowest BCUT2D eigenvalue weighted by atomic mass is 9.84. The standard InChI is InChI=1S/C18H21N/c1-2-8-14(9-3-1)19-17-12-6-4-10-15(17)16-11-5-7-13-18(16)19/h1-6,8,11,14-15,17H,7,9-10,12-13H2. The first-order valence-electron chi connectivity index (χ1n) is 7.61. The Morgan fingerprint density at radius 3 is 2.79 bits per heavy atom. The predicted molar refractivity (Wildman–Crippen MR) is 79.6 cm³/mol. The quantitative estimate of drug-likeness (QED) is 0.633. The molecule has 0 saturated carbocycles. The Labute approximate surface area is 115 Å². The smallest absolute Gasteiger partial charge is 0.0511 e. The molecule has 0 bridgehead atoms. The zero-order valence-corrected chi connectivity index (χ0v) is 11.3. The summed E-state index contributed by atoms with van der Waals surface area (Å²) in [6.07, 6.45) is 24.8. The van der Waals surface area contributed by atoms with E-state index in [-0.39, 0.29) is 0 Å². The SMILES string of the molecule is C1=CCC(N2C3=C(C=CCC3)C3CC=CCC32)C=C1. The maximum atomic E-state index is 2.76. The molecular weight excluding hydrogens is 230 g/mol. The summed E-state index contributed by atoms with van der Waals surface area (Å²) in [7, 11) is 0. The molecule has 1 aliphatic heterocycles. The Kier molecular flexibility index (Phi) is 2.72. The third-order valence-corrected chi connectivity index (χ3v) is 4.96. The van der Waals surface area contributed by atoms with Crippen molar-refractivity contribution < 1.29 is 0 Å². The summed E-state index contributed by atoms with van der Waals surface area (Å²) >= 11 is 0. The molecule has 0 aromatic carbocycles. The van der Waals surface area contributed by atoms with Gasteiger partial charge in [0.05, 0.1) is 6.04 Å². The van der Waals surface area contributed by atoms with Gasteiger partial charge in [-0.25, -0.2) is 0 Å². The van der Waals surface area contributed by atoms with Crippen molar-refractivity contribution in [3.05, 3.63) is 59.9 Å². The Morgan fingerprint density at radius 2 is 1.89 bits per heavy atom. The summed E-state index contributed by atoms with van der Waals surface area (Å²) < 4.78 is 0. The number of fused-ring (bicyclic) bond motifs is 2. The van der Waals surface area contributed by atoms with Gasteiger partial charge in [0.15, 0.2) is 0 Å². The molecule has 4 aliphatic rings. The maximum absolute atomic E-state index is 2.76. The molecule has 3 aliphatic carbocycles. The first-order chi connectivity index (χ1) is 9.45. The minimum absolute atomic E-state index is 0.586. The molecule has 3 atom stereocenters. The van der Waals surface area contributed by atoms with E-state index in [1.54, 1.807) is 11.3 Å². The Balaban J connectivity index is 1.73. The predicted octanol–water partition coefficient (Wildman–Crippen LogP) is 4.13. The minimum atomic E-state index is 0.586. The molecule has 19 heavy (non-hydrogen) atoms. The van der Waals surface area contributed by atoms with Crippen LogP contribution in [-0.4, -0.2) is 17.0 Å². The van der Waals surface area contributed by atoms with Gasteiger partial charge in [0.1, 0.15) is 0 Å². The highest BCUT2D eigenvalue weighted by Crippen LogP contribution is 2.46. The molecule has 0 saturated heterocycles. The van der Waals surface area contributed by atoms with Gasteiger partial charge in [0.2, 0.25) is 0 Å². The van der Waals surface area contributed by atoms with Crippen molar-refractivity contribution in [1.82, 2.24) is 4.90 Å². The van der Waals surface area contributed by atoms with Crippen molar-refractivity contribution in [2.24, 2.45) is 5.92 Å². The van der Waals surface area contributed by atoms with E-state index >= 15 is 0 Å². The monoisotopic (exact) mass is 251 g/mol. The fourth-order valence-corrected chi connectivity index (χ4v) is 4.15. The lowest BCUT2D eigenvalue weighted by molar-refractivity contribution is 0.193. The highest BCUT2D eigenvalue weighted by atomic mass is 15.2. The van der Waals surface area contributed by atoms with Crippen LogP contribution in [-0.2, 0) is 0 Å². The first-order valence-corrected chi connectivity index (χ1v) is 7.61. The van der Waals surface area contributed by atoms with Crippen LogP contribution >= 0.6 is 0 Å². The van der Waals surface area contributed by atoms with E-state index in [0.29, 0.717) is 12.1 Å². The number of hydrogen-bond acceptors (Lipinski definition) is 1. The Morgan fingerprint density at radius 1 is 0.947 bits per heavy atom. The molecule has 0 aromatic rings. The van der Waals surface area contributed by atoms with E-state index in [1.165, 1.54) is 32.1 Å². The van der Waals surface area contributed by atoms with E-state index in [2.05, 4.69) is 53.5 Å². The van der Waals surface area contributed by atoms with E-state index in [4.69, 9.17) is 0 Å². The van der Waals surface area contributed by atoms with Gasteiger partial charge in [-0.1, -0.05) is 48.6 Å². The minimum Gasteiger partial charge on any atom is -0.364 e. The molecule has 3 unspecified atom stereocenters. The highest BCUT2D eigenvalue weighted by Gasteiger charge is 2.41. The molecule has 1 nitrogen and oxygen atoms in total. The number of rotatable bonds is 1. The number of allylic oxidation sites excluding steroid dienone is 6. The summed E-state index contributed by atoms with van der Waals surface area (Å²) in [6, 6.07) is 1.29. The molecule has 0 spiro atoms. The van der Waals surface area contributed by atoms with E-state index in [1.807, 2.05) is 0 Å². The highest BCUT2D eigenvalue weighted by molar-refractivity contribution is 5.40. The van der Waals surface area contributed by atoms with Crippen molar-refractivity contribution in [2.75, 3.05) is 0 Å². The fourth-order valence-electron chi connectivity index (χ4n) is 4.15. The van der Waals surface area contributed by atoms with Gasteiger partial charge in [0.25, 0.3) is 0 Å². The van der Waals surface area contributed by atoms with Gasteiger partial charge >= 0.3 is 0 Å². The van der Waals surface area contributed by atoms with Crippen LogP contribution in [0.5, 0.6) is 0 Å². The second-order valence-electron chi connectivity index (χ2n) is 5.98. The summed E-state index contributed by atoms with van der Waals surface area (Å²) in [5.41, 5.74) is 3.29. The molecule has 0 N–H and O–H groups in total. The van der Waals surface area contributed by atoms with Crippen LogP contribution in [0.3, 0.4) is 0 Å². The number of hydrogen-bond donors (Lipinski definition) is 0. The van der Waals surface area contributed by atoms with Crippen molar-refractivity contribution in [1.29, 1.82) is 0 Å². The fraction of sp³-hybridized carbons (Fsp3) is 0.444. The molecule has 1 heterocycles. The molecule has 0 amide bonds. The van der Waals surface area contributed by atoms with Crippen molar-refractivity contribution in [3.8, 4) is 0 Å². The maximum Gasteiger partial charge on any atom is 0.0511 e. The molecule has 4 rings (SSSR count). The van der Waals surface area contributed by atoms with Crippen LogP contribution in [0.25, 0.3) is 0 Å². The Hall–Kier alpha value is -1.50. The zero-order valence-electron chi connectivity index (χ0n) is 11.3. The van der Waals surface area contributed by atoms with E-state index in [9.17, 15) is 0 Å². The lowest BCUT2D eigenvalue weighted by Gasteiger charge is -2.38. The van der Waals surface area contributed by atoms with Crippen molar-refractivity contribution >= 4 is 0 Å². The van der Waals surface area contributed by atoms with Crippen LogP contribution in [0, 0.1) is 5.92 Å². The second kappa shape index (κ2) is 4.56. The topological polar surface area (TPSA) is 3.24 Å². The van der Waals surface area contributed by atoms with Crippen LogP contribution < -0.4 is 0 Å². The summed E-state index contributed by atoms with van der Waals surface area (Å²) in [4.78, 5) is 2.76. The van der Waals surface area contributed by atoms with Crippen LogP contribution in [0.15, 0.2) is 59.9 Å². The molecule has 0 radical (unpaired) electrons. The van der Waals surface area contributed by atoms with Crippen LogP contribution in [0.4, 0.5) is 0 Å². The average molecular weight is 251 g/mol. The number of nitrogens with zero attached hydrogens (tertiary/aromatic N) is 1. The molecular formula is C18H21N. The normalized spacial score (nSPS) is 35.8. The summed E-state index contributed by atoms with van der Waals surface area (Å²) in [5, 5.41) is 0. The van der Waals surface area contributed by atoms with Gasteiger partial charge < -0.3 is 4.90 Å². The third-order valence-electron chi connectivity index (χ3n) is 4.96. The van der Waals surface area contributed by atoms with Gasteiger partial charge in [-0.3, -0.25) is 0 Å². The van der Waals surface area contributed by atoms with Crippen molar-refractivity contribution in [3.63, 3.8) is 0 Å². The molecule has 98 valence electrons. The second-order valence-corrected chi connectivity index (χ2v) is 5.98.